The Morgan fingerprint density at radius 1 is 1.05 bits per heavy atom. The molecule has 1 fully saturated rings. The number of hydrogen-bond acceptors (Lipinski definition) is 5. The van der Waals surface area contributed by atoms with Crippen molar-refractivity contribution in [2.45, 2.75) is 78.3 Å². The number of benzene rings is 2. The summed E-state index contributed by atoms with van der Waals surface area (Å²) in [6, 6.07) is 13.8. The average Bonchev–Trinajstić information content (AvgIpc) is 3.52. The van der Waals surface area contributed by atoms with Gasteiger partial charge >= 0.3 is 5.97 Å². The third-order valence-electron chi connectivity index (χ3n) is 8.80. The highest BCUT2D eigenvalue weighted by molar-refractivity contribution is 5.95. The van der Waals surface area contributed by atoms with Crippen molar-refractivity contribution in [1.29, 1.82) is 0 Å². The fraction of sp³-hybridized carbons (Fsp3) is 0.600. The number of carbonyl (C=O) groups is 2. The lowest BCUT2D eigenvalue weighted by Gasteiger charge is -2.35. The van der Waals surface area contributed by atoms with E-state index in [-0.39, 0.29) is 36.6 Å². The highest BCUT2D eigenvalue weighted by Gasteiger charge is 2.49. The summed E-state index contributed by atoms with van der Waals surface area (Å²) in [5.74, 6) is -0.366. The number of hydrogen-bond donors (Lipinski definition) is 1. The molecular formula is C35H52N3O5+. The van der Waals surface area contributed by atoms with Gasteiger partial charge in [0.15, 0.2) is 11.5 Å². The highest BCUT2D eigenvalue weighted by Crippen LogP contribution is 2.45. The van der Waals surface area contributed by atoms with E-state index in [1.807, 2.05) is 35.2 Å². The van der Waals surface area contributed by atoms with Gasteiger partial charge in [-0.05, 0) is 54.5 Å². The van der Waals surface area contributed by atoms with Gasteiger partial charge in [-0.1, -0.05) is 58.7 Å². The molecule has 0 aliphatic carbocycles. The fourth-order valence-corrected chi connectivity index (χ4v) is 6.92. The van der Waals surface area contributed by atoms with E-state index in [0.717, 1.165) is 48.0 Å². The van der Waals surface area contributed by atoms with Crippen LogP contribution >= 0.6 is 0 Å². The van der Waals surface area contributed by atoms with Gasteiger partial charge in [-0.25, -0.2) is 0 Å². The van der Waals surface area contributed by atoms with Crippen molar-refractivity contribution < 1.29 is 28.7 Å². The van der Waals surface area contributed by atoms with E-state index in [0.29, 0.717) is 31.0 Å². The maximum Gasteiger partial charge on any atom is 0.308 e. The Balaban J connectivity index is 1.66. The Morgan fingerprint density at radius 3 is 2.47 bits per heavy atom. The molecule has 2 aromatic rings. The number of nitrogens with zero attached hydrogens (tertiary/aromatic N) is 3. The third kappa shape index (κ3) is 8.30. The van der Waals surface area contributed by atoms with Crippen LogP contribution in [0.2, 0.25) is 0 Å². The van der Waals surface area contributed by atoms with Crippen LogP contribution in [0.15, 0.2) is 42.5 Å². The Labute approximate surface area is 258 Å². The second-order valence-electron chi connectivity index (χ2n) is 14.2. The number of quaternary nitrogens is 1. The van der Waals surface area contributed by atoms with Crippen LogP contribution in [0, 0.1) is 11.3 Å². The van der Waals surface area contributed by atoms with E-state index in [9.17, 15) is 14.7 Å². The molecule has 2 aliphatic rings. The van der Waals surface area contributed by atoms with Crippen molar-refractivity contribution in [3.05, 3.63) is 53.6 Å². The van der Waals surface area contributed by atoms with E-state index in [2.05, 4.69) is 65.9 Å². The van der Waals surface area contributed by atoms with E-state index >= 15 is 0 Å². The lowest BCUT2D eigenvalue weighted by Crippen LogP contribution is -2.46. The quantitative estimate of drug-likeness (QED) is 0.265. The topological polar surface area (TPSA) is 79.3 Å². The molecule has 0 aromatic heterocycles. The number of amides is 1. The monoisotopic (exact) mass is 594 g/mol. The Morgan fingerprint density at radius 2 is 1.79 bits per heavy atom. The predicted molar refractivity (Wildman–Crippen MR) is 171 cm³/mol. The summed E-state index contributed by atoms with van der Waals surface area (Å²) in [4.78, 5) is 31.3. The lowest BCUT2D eigenvalue weighted by atomic mass is 9.76. The molecule has 1 N–H and O–H groups in total. The number of likely N-dealkylation sites (tertiary alicyclic amines) is 1. The summed E-state index contributed by atoms with van der Waals surface area (Å²) in [6.07, 6.45) is 4.60. The zero-order valence-electron chi connectivity index (χ0n) is 27.3. The van der Waals surface area contributed by atoms with Crippen molar-refractivity contribution in [1.82, 2.24) is 4.90 Å². The fourth-order valence-electron chi connectivity index (χ4n) is 6.92. The first kappa shape index (κ1) is 32.8. The van der Waals surface area contributed by atoms with Gasteiger partial charge in [0, 0.05) is 36.3 Å². The normalized spacial score (nSPS) is 20.4. The highest BCUT2D eigenvalue weighted by atomic mass is 16.7. The zero-order chi connectivity index (χ0) is 31.4. The number of rotatable bonds is 14. The number of ether oxygens (including phenoxy) is 2. The van der Waals surface area contributed by atoms with Crippen LogP contribution in [0.1, 0.15) is 76.8 Å². The summed E-state index contributed by atoms with van der Waals surface area (Å²) in [5, 5.41) is 10.6. The molecule has 3 atom stereocenters. The molecule has 0 bridgehead atoms. The second kappa shape index (κ2) is 13.7. The van der Waals surface area contributed by atoms with Crippen LogP contribution in [0.25, 0.3) is 0 Å². The standard InChI is InChI=1S/C35H51N3O5/c1-8-10-17-37(27-13-11-12-25(18-27)23-38(5,6)7)32(39)22-36-21-28(26-14-15-30-31(19-26)43-24-42-30)33(34(40)41)29(36)20-35(3,4)16-9-2/h11-15,18-19,28-29,33H,8-10,16-17,20-24H2,1-7H3/p+1/t28-,29+,33-/m1/s1. The second-order valence-corrected chi connectivity index (χ2v) is 14.2. The van der Waals surface area contributed by atoms with E-state index in [1.165, 1.54) is 5.56 Å². The van der Waals surface area contributed by atoms with Gasteiger partial charge in [0.05, 0.1) is 33.6 Å². The molecule has 8 nitrogen and oxygen atoms in total. The van der Waals surface area contributed by atoms with Gasteiger partial charge in [-0.2, -0.15) is 0 Å². The Hall–Kier alpha value is -3.10. The molecule has 0 spiro atoms. The van der Waals surface area contributed by atoms with Gasteiger partial charge in [-0.3, -0.25) is 14.5 Å². The molecule has 8 heteroatoms. The summed E-state index contributed by atoms with van der Waals surface area (Å²) < 4.78 is 11.9. The van der Waals surface area contributed by atoms with Crippen LogP contribution in [0.4, 0.5) is 5.69 Å². The SMILES string of the molecule is CCCCN(C(=O)CN1C[C@H](c2ccc3c(c2)OCO3)[C@@H](C(=O)O)[C@@H]1CC(C)(C)CCC)c1cccc(C[N+](C)(C)C)c1. The van der Waals surface area contributed by atoms with Crippen molar-refractivity contribution in [2.24, 2.45) is 11.3 Å². The molecule has 4 rings (SSSR count). The van der Waals surface area contributed by atoms with E-state index in [4.69, 9.17) is 9.47 Å². The molecule has 1 amide bonds. The molecule has 43 heavy (non-hydrogen) atoms. The van der Waals surface area contributed by atoms with Gasteiger partial charge in [0.25, 0.3) is 0 Å². The van der Waals surface area contributed by atoms with E-state index < -0.39 is 11.9 Å². The Bertz CT molecular complexity index is 1270. The Kier molecular flexibility index (Phi) is 10.4. The van der Waals surface area contributed by atoms with Crippen LogP contribution in [-0.2, 0) is 16.1 Å². The predicted octanol–water partition coefficient (Wildman–Crippen LogP) is 6.14. The molecule has 0 radical (unpaired) electrons. The van der Waals surface area contributed by atoms with Crippen molar-refractivity contribution in [2.75, 3.05) is 52.5 Å². The van der Waals surface area contributed by atoms with Crippen LogP contribution < -0.4 is 14.4 Å². The molecular weight excluding hydrogens is 542 g/mol. The number of unbranched alkanes of at least 4 members (excludes halogenated alkanes) is 1. The molecule has 2 aromatic carbocycles. The largest absolute Gasteiger partial charge is 0.481 e. The smallest absolute Gasteiger partial charge is 0.308 e. The zero-order valence-corrected chi connectivity index (χ0v) is 27.3. The van der Waals surface area contributed by atoms with Crippen molar-refractivity contribution in [3.63, 3.8) is 0 Å². The van der Waals surface area contributed by atoms with Crippen molar-refractivity contribution >= 4 is 17.6 Å². The number of carboxylic acids is 1. The summed E-state index contributed by atoms with van der Waals surface area (Å²) in [7, 11) is 6.49. The van der Waals surface area contributed by atoms with Crippen molar-refractivity contribution in [3.8, 4) is 11.5 Å². The summed E-state index contributed by atoms with van der Waals surface area (Å²) in [6.45, 7) is 11.1. The molecule has 2 heterocycles. The van der Waals surface area contributed by atoms with Crippen LogP contribution in [-0.4, -0.2) is 80.0 Å². The minimum Gasteiger partial charge on any atom is -0.481 e. The summed E-state index contributed by atoms with van der Waals surface area (Å²) in [5.41, 5.74) is 2.96. The maximum absolute atomic E-state index is 14.2. The van der Waals surface area contributed by atoms with Gasteiger partial charge in [0.1, 0.15) is 6.54 Å². The number of anilines is 1. The lowest BCUT2D eigenvalue weighted by molar-refractivity contribution is -0.884. The summed E-state index contributed by atoms with van der Waals surface area (Å²) >= 11 is 0. The first-order chi connectivity index (χ1) is 20.3. The first-order valence-corrected chi connectivity index (χ1v) is 15.9. The maximum atomic E-state index is 14.2. The number of fused-ring (bicyclic) bond motifs is 1. The van der Waals surface area contributed by atoms with Gasteiger partial charge < -0.3 is 24.0 Å². The third-order valence-corrected chi connectivity index (χ3v) is 8.80. The van der Waals surface area contributed by atoms with Crippen LogP contribution in [0.5, 0.6) is 11.5 Å². The molecule has 236 valence electrons. The van der Waals surface area contributed by atoms with E-state index in [1.54, 1.807) is 0 Å². The van der Waals surface area contributed by atoms with Gasteiger partial charge in [-0.15, -0.1) is 0 Å². The molecule has 2 aliphatic heterocycles. The van der Waals surface area contributed by atoms with Crippen LogP contribution in [0.3, 0.4) is 0 Å². The number of carbonyl (C=O) groups excluding carboxylic acids is 1. The average molecular weight is 595 g/mol. The minimum atomic E-state index is -0.814. The molecule has 1 saturated heterocycles. The minimum absolute atomic E-state index is 0.0182. The first-order valence-electron chi connectivity index (χ1n) is 15.9. The molecule has 0 unspecified atom stereocenters. The number of carboxylic acid groups (broad SMARTS) is 1. The van der Waals surface area contributed by atoms with Gasteiger partial charge in [0.2, 0.25) is 12.7 Å². The molecule has 0 saturated carbocycles. The number of aliphatic carboxylic acids is 1.